The van der Waals surface area contributed by atoms with Crippen LogP contribution in [0.5, 0.6) is 0 Å². The zero-order valence-electron chi connectivity index (χ0n) is 12.6. The Balaban J connectivity index is 2.05. The van der Waals surface area contributed by atoms with Crippen LogP contribution >= 0.6 is 0 Å². The Kier molecular flexibility index (Phi) is 4.23. The number of nitrogens with zero attached hydrogens (tertiary/aromatic N) is 3. The van der Waals surface area contributed by atoms with Gasteiger partial charge in [-0.05, 0) is 20.3 Å². The van der Waals surface area contributed by atoms with Crippen molar-refractivity contribution in [2.75, 3.05) is 6.54 Å². The Morgan fingerprint density at radius 1 is 1.45 bits per heavy atom. The molecular weight excluding hydrogens is 256 g/mol. The number of hydrogen-bond acceptors (Lipinski definition) is 4. The van der Waals surface area contributed by atoms with E-state index in [1.54, 1.807) is 11.6 Å². The highest BCUT2D eigenvalue weighted by Gasteiger charge is 2.26. The lowest BCUT2D eigenvalue weighted by Crippen LogP contribution is -2.39. The molecule has 2 rings (SSSR count). The lowest BCUT2D eigenvalue weighted by molar-refractivity contribution is -0.123. The van der Waals surface area contributed by atoms with E-state index in [1.165, 1.54) is 0 Å². The second-order valence-electron chi connectivity index (χ2n) is 5.47. The molecule has 1 unspecified atom stereocenters. The topological polar surface area (TPSA) is 67.2 Å². The lowest BCUT2D eigenvalue weighted by atomic mass is 10.2. The number of fused-ring (bicyclic) bond motifs is 1. The maximum Gasteiger partial charge on any atom is 0.258 e. The van der Waals surface area contributed by atoms with Crippen molar-refractivity contribution in [3.05, 3.63) is 27.4 Å². The average molecular weight is 278 g/mol. The van der Waals surface area contributed by atoms with Gasteiger partial charge < -0.3 is 5.32 Å². The van der Waals surface area contributed by atoms with Crippen molar-refractivity contribution in [1.82, 2.24) is 19.8 Å². The first kappa shape index (κ1) is 14.7. The number of amides is 1. The van der Waals surface area contributed by atoms with E-state index in [0.717, 1.165) is 17.7 Å². The van der Waals surface area contributed by atoms with Gasteiger partial charge in [0.05, 0.1) is 17.8 Å². The summed E-state index contributed by atoms with van der Waals surface area (Å²) in [6.07, 6.45) is 0.910. The van der Waals surface area contributed by atoms with E-state index in [-0.39, 0.29) is 17.5 Å². The smallest absolute Gasteiger partial charge is 0.258 e. The molecule has 1 aromatic rings. The SMILES string of the molecule is CCC(C)NC(=O)CN1Cc2nc(C)n(C)c(=O)c2C1. The third-order valence-corrected chi connectivity index (χ3v) is 3.84. The second kappa shape index (κ2) is 5.75. The van der Waals surface area contributed by atoms with Gasteiger partial charge in [0.15, 0.2) is 0 Å². The number of hydrogen-bond donors (Lipinski definition) is 1. The van der Waals surface area contributed by atoms with Crippen LogP contribution in [0.15, 0.2) is 4.79 Å². The molecule has 20 heavy (non-hydrogen) atoms. The maximum absolute atomic E-state index is 12.1. The number of aromatic nitrogens is 2. The molecule has 1 N–H and O–H groups in total. The molecule has 1 amide bonds. The first-order valence-corrected chi connectivity index (χ1v) is 6.99. The minimum Gasteiger partial charge on any atom is -0.353 e. The van der Waals surface area contributed by atoms with Crippen LogP contribution in [-0.4, -0.2) is 32.9 Å². The molecular formula is C14H22N4O2. The van der Waals surface area contributed by atoms with Crippen molar-refractivity contribution in [1.29, 1.82) is 0 Å². The summed E-state index contributed by atoms with van der Waals surface area (Å²) in [6.45, 7) is 7.22. The summed E-state index contributed by atoms with van der Waals surface area (Å²) in [5.41, 5.74) is 1.52. The van der Waals surface area contributed by atoms with E-state index >= 15 is 0 Å². The van der Waals surface area contributed by atoms with E-state index in [2.05, 4.69) is 10.3 Å². The lowest BCUT2D eigenvalue weighted by Gasteiger charge is -2.16. The number of carbonyl (C=O) groups is 1. The van der Waals surface area contributed by atoms with Gasteiger partial charge in [0, 0.05) is 26.2 Å². The molecule has 1 aliphatic heterocycles. The highest BCUT2D eigenvalue weighted by atomic mass is 16.2. The summed E-state index contributed by atoms with van der Waals surface area (Å²) in [7, 11) is 1.73. The summed E-state index contributed by atoms with van der Waals surface area (Å²) in [5.74, 6) is 0.709. The zero-order valence-corrected chi connectivity index (χ0v) is 12.6. The molecule has 110 valence electrons. The summed E-state index contributed by atoms with van der Waals surface area (Å²) < 4.78 is 1.56. The second-order valence-corrected chi connectivity index (χ2v) is 5.47. The predicted molar refractivity (Wildman–Crippen MR) is 76.2 cm³/mol. The third kappa shape index (κ3) is 2.90. The van der Waals surface area contributed by atoms with E-state index in [9.17, 15) is 9.59 Å². The van der Waals surface area contributed by atoms with Crippen molar-refractivity contribution in [3.8, 4) is 0 Å². The number of nitrogens with one attached hydrogen (secondary N) is 1. The van der Waals surface area contributed by atoms with Crippen LogP contribution in [-0.2, 0) is 24.9 Å². The van der Waals surface area contributed by atoms with E-state index < -0.39 is 0 Å². The molecule has 1 aromatic heterocycles. The van der Waals surface area contributed by atoms with E-state index in [4.69, 9.17) is 0 Å². The largest absolute Gasteiger partial charge is 0.353 e. The van der Waals surface area contributed by atoms with Crippen molar-refractivity contribution in [2.45, 2.75) is 46.3 Å². The van der Waals surface area contributed by atoms with Crippen LogP contribution in [0.25, 0.3) is 0 Å². The van der Waals surface area contributed by atoms with Gasteiger partial charge >= 0.3 is 0 Å². The van der Waals surface area contributed by atoms with Crippen molar-refractivity contribution < 1.29 is 4.79 Å². The van der Waals surface area contributed by atoms with E-state index in [0.29, 0.717) is 25.5 Å². The highest BCUT2D eigenvalue weighted by molar-refractivity contribution is 5.78. The molecule has 1 aliphatic rings. The normalized spacial score (nSPS) is 16.0. The Morgan fingerprint density at radius 3 is 2.80 bits per heavy atom. The Hall–Kier alpha value is -1.69. The summed E-state index contributed by atoms with van der Waals surface area (Å²) >= 11 is 0. The molecule has 6 heteroatoms. The predicted octanol–water partition coefficient (Wildman–Crippen LogP) is 0.319. The fourth-order valence-corrected chi connectivity index (χ4v) is 2.33. The summed E-state index contributed by atoms with van der Waals surface area (Å²) in [5, 5.41) is 2.94. The Morgan fingerprint density at radius 2 is 2.15 bits per heavy atom. The molecule has 0 bridgehead atoms. The van der Waals surface area contributed by atoms with Crippen LogP contribution in [0.2, 0.25) is 0 Å². The maximum atomic E-state index is 12.1. The van der Waals surface area contributed by atoms with Gasteiger partial charge in [-0.2, -0.15) is 0 Å². The molecule has 0 aliphatic carbocycles. The number of rotatable bonds is 4. The van der Waals surface area contributed by atoms with Gasteiger partial charge in [-0.3, -0.25) is 19.1 Å². The van der Waals surface area contributed by atoms with Crippen LogP contribution in [0.4, 0.5) is 0 Å². The van der Waals surface area contributed by atoms with Crippen LogP contribution in [0, 0.1) is 6.92 Å². The van der Waals surface area contributed by atoms with Gasteiger partial charge in [-0.15, -0.1) is 0 Å². The van der Waals surface area contributed by atoms with Gasteiger partial charge in [-0.25, -0.2) is 4.98 Å². The van der Waals surface area contributed by atoms with Gasteiger partial charge in [-0.1, -0.05) is 6.92 Å². The van der Waals surface area contributed by atoms with Gasteiger partial charge in [0.2, 0.25) is 5.91 Å². The van der Waals surface area contributed by atoms with Crippen LogP contribution in [0.3, 0.4) is 0 Å². The minimum atomic E-state index is -0.00247. The van der Waals surface area contributed by atoms with Crippen molar-refractivity contribution in [3.63, 3.8) is 0 Å². The van der Waals surface area contributed by atoms with Gasteiger partial charge in [0.25, 0.3) is 5.56 Å². The van der Waals surface area contributed by atoms with Crippen LogP contribution < -0.4 is 10.9 Å². The first-order valence-electron chi connectivity index (χ1n) is 6.99. The molecule has 1 atom stereocenters. The van der Waals surface area contributed by atoms with E-state index in [1.807, 2.05) is 25.7 Å². The number of aryl methyl sites for hydroxylation is 1. The minimum absolute atomic E-state index is 0.000650. The molecule has 2 heterocycles. The Bertz CT molecular complexity index is 579. The molecule has 0 spiro atoms. The fourth-order valence-electron chi connectivity index (χ4n) is 2.33. The van der Waals surface area contributed by atoms with Gasteiger partial charge in [0.1, 0.15) is 5.82 Å². The highest BCUT2D eigenvalue weighted by Crippen LogP contribution is 2.17. The van der Waals surface area contributed by atoms with Crippen LogP contribution in [0.1, 0.15) is 37.4 Å². The van der Waals surface area contributed by atoms with Crippen molar-refractivity contribution >= 4 is 5.91 Å². The molecule has 0 radical (unpaired) electrons. The molecule has 0 aromatic carbocycles. The summed E-state index contributed by atoms with van der Waals surface area (Å²) in [6, 6.07) is 0.181. The molecule has 0 saturated heterocycles. The third-order valence-electron chi connectivity index (χ3n) is 3.84. The zero-order chi connectivity index (χ0) is 14.9. The average Bonchev–Trinajstić information content (AvgIpc) is 2.78. The quantitative estimate of drug-likeness (QED) is 0.861. The molecule has 0 fully saturated rings. The summed E-state index contributed by atoms with van der Waals surface area (Å²) in [4.78, 5) is 30.4. The van der Waals surface area contributed by atoms with Crippen molar-refractivity contribution in [2.24, 2.45) is 7.05 Å². The fraction of sp³-hybridized carbons (Fsp3) is 0.643. The monoisotopic (exact) mass is 278 g/mol. The number of carbonyl (C=O) groups excluding carboxylic acids is 1. The standard InChI is InChI=1S/C14H22N4O2/c1-5-9(2)15-13(19)8-18-6-11-12(7-18)16-10(3)17(4)14(11)20/h9H,5-8H2,1-4H3,(H,15,19). The molecule has 0 saturated carbocycles. The molecule has 6 nitrogen and oxygen atoms in total. The Labute approximate surface area is 118 Å². The first-order chi connectivity index (χ1) is 9.42.